The highest BCUT2D eigenvalue weighted by Crippen LogP contribution is 2.27. The standard InChI is InChI=1S/C25H23ClN4O4S2/c26-18-8-10-20(11-9-18)30-23(31)16-22(24(30)32)29(25(35)28-19-4-2-1-3-5-19)15-14-17-6-12-21(13-7-17)36(27,33)34/h1-13,22H,14-16H2,(H,28,35)(H2,27,33,34). The summed E-state index contributed by atoms with van der Waals surface area (Å²) >= 11 is 11.6. The van der Waals surface area contributed by atoms with Crippen molar-refractivity contribution < 1.29 is 18.0 Å². The summed E-state index contributed by atoms with van der Waals surface area (Å²) in [6, 6.07) is 21.1. The van der Waals surface area contributed by atoms with Gasteiger partial charge >= 0.3 is 0 Å². The van der Waals surface area contributed by atoms with Crippen LogP contribution in [-0.2, 0) is 26.0 Å². The number of hydrogen-bond donors (Lipinski definition) is 2. The molecule has 1 atom stereocenters. The number of amides is 2. The Labute approximate surface area is 219 Å². The highest BCUT2D eigenvalue weighted by Gasteiger charge is 2.43. The molecule has 1 saturated heterocycles. The zero-order valence-electron chi connectivity index (χ0n) is 19.0. The van der Waals surface area contributed by atoms with E-state index in [9.17, 15) is 18.0 Å². The second kappa shape index (κ2) is 10.8. The van der Waals surface area contributed by atoms with E-state index in [-0.39, 0.29) is 23.1 Å². The summed E-state index contributed by atoms with van der Waals surface area (Å²) in [5.74, 6) is -0.721. The lowest BCUT2D eigenvalue weighted by Gasteiger charge is -2.30. The molecule has 4 rings (SSSR count). The fourth-order valence-electron chi connectivity index (χ4n) is 3.93. The number of imide groups is 1. The van der Waals surface area contributed by atoms with E-state index in [0.29, 0.717) is 28.8 Å². The lowest BCUT2D eigenvalue weighted by molar-refractivity contribution is -0.122. The van der Waals surface area contributed by atoms with Gasteiger partial charge in [0.1, 0.15) is 6.04 Å². The molecule has 0 aliphatic carbocycles. The van der Waals surface area contributed by atoms with Gasteiger partial charge in [0.2, 0.25) is 15.9 Å². The van der Waals surface area contributed by atoms with Gasteiger partial charge in [0.05, 0.1) is 17.0 Å². The third kappa shape index (κ3) is 5.90. The largest absolute Gasteiger partial charge is 0.336 e. The maximum absolute atomic E-state index is 13.4. The number of anilines is 2. The Morgan fingerprint density at radius 2 is 1.67 bits per heavy atom. The minimum atomic E-state index is -3.80. The molecule has 1 unspecified atom stereocenters. The van der Waals surface area contributed by atoms with Gasteiger partial charge in [0.25, 0.3) is 5.91 Å². The van der Waals surface area contributed by atoms with Gasteiger partial charge in [-0.3, -0.25) is 9.59 Å². The van der Waals surface area contributed by atoms with E-state index >= 15 is 0 Å². The average molecular weight is 543 g/mol. The Morgan fingerprint density at radius 3 is 2.28 bits per heavy atom. The number of primary sulfonamides is 1. The molecule has 3 aromatic carbocycles. The molecule has 2 amide bonds. The first kappa shape index (κ1) is 25.8. The van der Waals surface area contributed by atoms with Crippen molar-refractivity contribution in [1.29, 1.82) is 0 Å². The van der Waals surface area contributed by atoms with Crippen molar-refractivity contribution in [2.24, 2.45) is 5.14 Å². The summed E-state index contributed by atoms with van der Waals surface area (Å²) in [5.41, 5.74) is 2.01. The van der Waals surface area contributed by atoms with Crippen LogP contribution in [0.3, 0.4) is 0 Å². The normalized spacial score (nSPS) is 15.7. The first-order valence-corrected chi connectivity index (χ1v) is 13.3. The molecule has 0 spiro atoms. The van der Waals surface area contributed by atoms with Crippen molar-refractivity contribution in [2.45, 2.75) is 23.8 Å². The Morgan fingerprint density at radius 1 is 1.03 bits per heavy atom. The van der Waals surface area contributed by atoms with Crippen LogP contribution < -0.4 is 15.4 Å². The highest BCUT2D eigenvalue weighted by molar-refractivity contribution is 7.89. The number of carbonyl (C=O) groups excluding carboxylic acids is 2. The lowest BCUT2D eigenvalue weighted by Crippen LogP contribution is -2.48. The number of halogens is 1. The third-order valence-electron chi connectivity index (χ3n) is 5.76. The number of nitrogens with two attached hydrogens (primary N) is 1. The molecule has 1 fully saturated rings. The molecule has 0 aromatic heterocycles. The number of rotatable bonds is 7. The second-order valence-corrected chi connectivity index (χ2v) is 10.6. The molecule has 186 valence electrons. The van der Waals surface area contributed by atoms with Gasteiger partial charge in [-0.1, -0.05) is 41.9 Å². The first-order valence-electron chi connectivity index (χ1n) is 11.0. The van der Waals surface area contributed by atoms with Crippen molar-refractivity contribution in [1.82, 2.24) is 4.90 Å². The zero-order valence-corrected chi connectivity index (χ0v) is 21.4. The number of hydrogen-bond acceptors (Lipinski definition) is 5. The van der Waals surface area contributed by atoms with E-state index in [1.54, 1.807) is 41.3 Å². The predicted octanol–water partition coefficient (Wildman–Crippen LogP) is 3.56. The molecule has 0 saturated carbocycles. The minimum Gasteiger partial charge on any atom is -0.336 e. The Bertz CT molecular complexity index is 1380. The van der Waals surface area contributed by atoms with Gasteiger partial charge < -0.3 is 10.2 Å². The van der Waals surface area contributed by atoms with Crippen molar-refractivity contribution in [3.05, 3.63) is 89.4 Å². The van der Waals surface area contributed by atoms with Crippen molar-refractivity contribution in [3.63, 3.8) is 0 Å². The number of carbonyl (C=O) groups is 2. The number of nitrogens with one attached hydrogen (secondary N) is 1. The maximum Gasteiger partial charge on any atom is 0.257 e. The quantitative estimate of drug-likeness (QED) is 0.347. The van der Waals surface area contributed by atoms with Crippen LogP contribution in [0.5, 0.6) is 0 Å². The fourth-order valence-corrected chi connectivity index (χ4v) is 4.91. The average Bonchev–Trinajstić information content (AvgIpc) is 3.14. The monoisotopic (exact) mass is 542 g/mol. The number of thiocarbonyl (C=S) groups is 1. The zero-order chi connectivity index (χ0) is 25.9. The lowest BCUT2D eigenvalue weighted by atomic mass is 10.1. The molecule has 36 heavy (non-hydrogen) atoms. The molecule has 1 heterocycles. The molecule has 1 aliphatic rings. The molecule has 0 radical (unpaired) electrons. The van der Waals surface area contributed by atoms with Crippen molar-refractivity contribution >= 4 is 62.1 Å². The van der Waals surface area contributed by atoms with Crippen molar-refractivity contribution in [3.8, 4) is 0 Å². The molecular formula is C25H23ClN4O4S2. The van der Waals surface area contributed by atoms with E-state index in [4.69, 9.17) is 29.0 Å². The summed E-state index contributed by atoms with van der Waals surface area (Å²) in [4.78, 5) is 29.2. The Hall–Kier alpha value is -3.31. The number of benzene rings is 3. The first-order chi connectivity index (χ1) is 17.1. The number of sulfonamides is 1. The van der Waals surface area contributed by atoms with E-state index in [1.165, 1.54) is 12.1 Å². The van der Waals surface area contributed by atoms with E-state index < -0.39 is 16.1 Å². The smallest absolute Gasteiger partial charge is 0.257 e. The topological polar surface area (TPSA) is 113 Å². The molecule has 1 aliphatic heterocycles. The molecular weight excluding hydrogens is 520 g/mol. The molecule has 8 nitrogen and oxygen atoms in total. The summed E-state index contributed by atoms with van der Waals surface area (Å²) in [5, 5.41) is 9.12. The van der Waals surface area contributed by atoms with Crippen LogP contribution in [0, 0.1) is 0 Å². The van der Waals surface area contributed by atoms with Crippen LogP contribution in [0.15, 0.2) is 83.8 Å². The van der Waals surface area contributed by atoms with Crippen LogP contribution in [0.4, 0.5) is 11.4 Å². The Balaban J connectivity index is 1.57. The SMILES string of the molecule is NS(=O)(=O)c1ccc(CCN(C(=S)Nc2ccccc2)C2CC(=O)N(c3ccc(Cl)cc3)C2=O)cc1. The van der Waals surface area contributed by atoms with Crippen LogP contribution in [0.2, 0.25) is 5.02 Å². The van der Waals surface area contributed by atoms with Gasteiger partial charge in [-0.15, -0.1) is 0 Å². The van der Waals surface area contributed by atoms with Gasteiger partial charge in [-0.05, 0) is 72.7 Å². The Kier molecular flexibility index (Phi) is 7.70. The summed E-state index contributed by atoms with van der Waals surface area (Å²) in [6.45, 7) is 0.311. The molecule has 0 bridgehead atoms. The van der Waals surface area contributed by atoms with Gasteiger partial charge in [-0.2, -0.15) is 0 Å². The summed E-state index contributed by atoms with van der Waals surface area (Å²) in [6.07, 6.45) is 0.406. The third-order valence-corrected chi connectivity index (χ3v) is 7.28. The van der Waals surface area contributed by atoms with Gasteiger partial charge in [0, 0.05) is 17.3 Å². The molecule has 3 N–H and O–H groups in total. The van der Waals surface area contributed by atoms with Crippen LogP contribution in [-0.4, -0.2) is 42.8 Å². The van der Waals surface area contributed by atoms with Crippen LogP contribution >= 0.6 is 23.8 Å². The van der Waals surface area contributed by atoms with E-state index in [0.717, 1.165) is 16.2 Å². The predicted molar refractivity (Wildman–Crippen MR) is 143 cm³/mol. The summed E-state index contributed by atoms with van der Waals surface area (Å²) < 4.78 is 23.1. The van der Waals surface area contributed by atoms with Crippen LogP contribution in [0.25, 0.3) is 0 Å². The maximum atomic E-state index is 13.4. The van der Waals surface area contributed by atoms with E-state index in [1.807, 2.05) is 30.3 Å². The number of nitrogens with zero attached hydrogens (tertiary/aromatic N) is 2. The number of para-hydroxylation sites is 1. The van der Waals surface area contributed by atoms with E-state index in [2.05, 4.69) is 5.32 Å². The van der Waals surface area contributed by atoms with Crippen LogP contribution in [0.1, 0.15) is 12.0 Å². The molecule has 3 aromatic rings. The minimum absolute atomic E-state index is 0.0135. The molecule has 11 heteroatoms. The summed E-state index contributed by atoms with van der Waals surface area (Å²) in [7, 11) is -3.80. The highest BCUT2D eigenvalue weighted by atomic mass is 35.5. The van der Waals surface area contributed by atoms with Gasteiger partial charge in [0.15, 0.2) is 5.11 Å². The second-order valence-electron chi connectivity index (χ2n) is 8.19. The van der Waals surface area contributed by atoms with Gasteiger partial charge in [-0.25, -0.2) is 18.5 Å². The fraction of sp³-hybridized carbons (Fsp3) is 0.160. The van der Waals surface area contributed by atoms with Crippen molar-refractivity contribution in [2.75, 3.05) is 16.8 Å².